The number of rotatable bonds is 6. The summed E-state index contributed by atoms with van der Waals surface area (Å²) in [6.07, 6.45) is -4.28. The highest BCUT2D eigenvalue weighted by Crippen LogP contribution is 2.30. The number of carbonyl (C=O) groups is 2. The first-order valence-electron chi connectivity index (χ1n) is 7.11. The van der Waals surface area contributed by atoms with Crippen LogP contribution in [0.2, 0.25) is 0 Å². The molecule has 0 bridgehead atoms. The van der Waals surface area contributed by atoms with E-state index in [2.05, 4.69) is 5.32 Å². The van der Waals surface area contributed by atoms with Gasteiger partial charge in [-0.05, 0) is 31.9 Å². The van der Waals surface area contributed by atoms with Gasteiger partial charge in [0.1, 0.15) is 0 Å². The van der Waals surface area contributed by atoms with Gasteiger partial charge in [-0.1, -0.05) is 25.1 Å². The lowest BCUT2D eigenvalue weighted by Crippen LogP contribution is -2.41. The van der Waals surface area contributed by atoms with Crippen molar-refractivity contribution >= 4 is 11.9 Å². The van der Waals surface area contributed by atoms with Crippen molar-refractivity contribution in [2.45, 2.75) is 33.4 Å². The molecule has 0 saturated carbocycles. The molecule has 0 aliphatic heterocycles. The van der Waals surface area contributed by atoms with Gasteiger partial charge >= 0.3 is 12.1 Å². The molecule has 0 heterocycles. The predicted molar refractivity (Wildman–Crippen MR) is 78.7 cm³/mol. The summed E-state index contributed by atoms with van der Waals surface area (Å²) in [5.41, 5.74) is -1.46. The lowest BCUT2D eigenvalue weighted by atomic mass is 9.93. The zero-order valence-electron chi connectivity index (χ0n) is 13.2. The molecule has 0 aliphatic carbocycles. The van der Waals surface area contributed by atoms with Gasteiger partial charge in [-0.25, -0.2) is 0 Å². The van der Waals surface area contributed by atoms with E-state index in [9.17, 15) is 22.8 Å². The molecule has 1 amide bonds. The van der Waals surface area contributed by atoms with Crippen molar-refractivity contribution in [1.29, 1.82) is 0 Å². The van der Waals surface area contributed by atoms with Gasteiger partial charge in [0, 0.05) is 12.5 Å². The Labute approximate surface area is 132 Å². The van der Waals surface area contributed by atoms with Gasteiger partial charge in [-0.2, -0.15) is 13.2 Å². The van der Waals surface area contributed by atoms with Crippen molar-refractivity contribution in [2.75, 3.05) is 6.54 Å². The largest absolute Gasteiger partial charge is 0.481 e. The van der Waals surface area contributed by atoms with Crippen LogP contribution in [0.4, 0.5) is 13.2 Å². The molecule has 0 radical (unpaired) electrons. The fourth-order valence-electron chi connectivity index (χ4n) is 1.88. The number of hydrogen-bond acceptors (Lipinski definition) is 2. The molecule has 4 nitrogen and oxygen atoms in total. The zero-order valence-corrected chi connectivity index (χ0v) is 13.2. The summed E-state index contributed by atoms with van der Waals surface area (Å²) in [4.78, 5) is 22.9. The van der Waals surface area contributed by atoms with Gasteiger partial charge < -0.3 is 10.4 Å². The Morgan fingerprint density at radius 3 is 2.39 bits per heavy atom. The van der Waals surface area contributed by atoms with Crippen molar-refractivity contribution in [3.63, 3.8) is 0 Å². The molecule has 1 rings (SSSR count). The Morgan fingerprint density at radius 2 is 1.87 bits per heavy atom. The van der Waals surface area contributed by atoms with E-state index in [1.54, 1.807) is 6.92 Å². The Kier molecular flexibility index (Phi) is 5.80. The maximum Gasteiger partial charge on any atom is 0.416 e. The molecule has 0 aromatic heterocycles. The van der Waals surface area contributed by atoms with E-state index >= 15 is 0 Å². The molecule has 0 saturated heterocycles. The Morgan fingerprint density at radius 1 is 1.26 bits per heavy atom. The van der Waals surface area contributed by atoms with Crippen LogP contribution in [-0.4, -0.2) is 23.5 Å². The number of aliphatic carboxylic acids is 1. The summed E-state index contributed by atoms with van der Waals surface area (Å²) in [5, 5.41) is 11.5. The summed E-state index contributed by atoms with van der Waals surface area (Å²) in [6, 6.07) is 4.82. The molecule has 1 unspecified atom stereocenters. The van der Waals surface area contributed by atoms with Gasteiger partial charge in [0.25, 0.3) is 0 Å². The van der Waals surface area contributed by atoms with E-state index in [-0.39, 0.29) is 13.0 Å². The second kappa shape index (κ2) is 7.02. The number of benzene rings is 1. The standard InChI is InChI=1S/C16H20F3NO3/c1-10(13(21)20-9-15(2,3)14(22)23)7-11-5-4-6-12(8-11)16(17,18)19/h4-6,8,10H,7,9H2,1-3H3,(H,20,21)(H,22,23). The van der Waals surface area contributed by atoms with Crippen LogP contribution < -0.4 is 5.32 Å². The fourth-order valence-corrected chi connectivity index (χ4v) is 1.88. The second-order valence-corrected chi connectivity index (χ2v) is 6.21. The van der Waals surface area contributed by atoms with Crippen LogP contribution in [0.5, 0.6) is 0 Å². The third kappa shape index (κ3) is 5.58. The third-order valence-electron chi connectivity index (χ3n) is 3.53. The van der Waals surface area contributed by atoms with Gasteiger partial charge in [-0.15, -0.1) is 0 Å². The molecule has 1 aromatic carbocycles. The third-order valence-corrected chi connectivity index (χ3v) is 3.53. The van der Waals surface area contributed by atoms with E-state index < -0.39 is 34.9 Å². The van der Waals surface area contributed by atoms with E-state index in [1.165, 1.54) is 26.0 Å². The van der Waals surface area contributed by atoms with Crippen molar-refractivity contribution in [2.24, 2.45) is 11.3 Å². The summed E-state index contributed by atoms with van der Waals surface area (Å²) in [6.45, 7) is 4.50. The average molecular weight is 331 g/mol. The predicted octanol–water partition coefficient (Wildman–Crippen LogP) is 3.11. The number of halogens is 3. The summed E-state index contributed by atoms with van der Waals surface area (Å²) in [5.74, 6) is -2.00. The molecule has 7 heteroatoms. The quantitative estimate of drug-likeness (QED) is 0.842. The molecule has 0 spiro atoms. The summed E-state index contributed by atoms with van der Waals surface area (Å²) in [7, 11) is 0. The number of alkyl halides is 3. The Bertz CT molecular complexity index is 582. The molecular formula is C16H20F3NO3. The molecule has 128 valence electrons. The van der Waals surface area contributed by atoms with E-state index in [0.29, 0.717) is 5.56 Å². The van der Waals surface area contributed by atoms with E-state index in [1.807, 2.05) is 0 Å². The number of carbonyl (C=O) groups excluding carboxylic acids is 1. The molecule has 0 fully saturated rings. The SMILES string of the molecule is CC(Cc1cccc(C(F)(F)F)c1)C(=O)NCC(C)(C)C(=O)O. The average Bonchev–Trinajstić information content (AvgIpc) is 2.44. The van der Waals surface area contributed by atoms with Gasteiger partial charge in [0.15, 0.2) is 0 Å². The monoisotopic (exact) mass is 331 g/mol. The molecule has 2 N–H and O–H groups in total. The highest BCUT2D eigenvalue weighted by Gasteiger charge is 2.31. The smallest absolute Gasteiger partial charge is 0.416 e. The molecular weight excluding hydrogens is 311 g/mol. The zero-order chi connectivity index (χ0) is 17.8. The molecule has 23 heavy (non-hydrogen) atoms. The van der Waals surface area contributed by atoms with Crippen LogP contribution in [0.3, 0.4) is 0 Å². The normalized spacial score (nSPS) is 13.5. The lowest BCUT2D eigenvalue weighted by Gasteiger charge is -2.21. The Balaban J connectivity index is 2.67. The number of amides is 1. The van der Waals surface area contributed by atoms with Crippen LogP contribution >= 0.6 is 0 Å². The first kappa shape index (κ1) is 19.0. The van der Waals surface area contributed by atoms with E-state index in [4.69, 9.17) is 5.11 Å². The van der Waals surface area contributed by atoms with Crippen LogP contribution in [-0.2, 0) is 22.2 Å². The first-order valence-corrected chi connectivity index (χ1v) is 7.11. The lowest BCUT2D eigenvalue weighted by molar-refractivity contribution is -0.147. The number of nitrogens with one attached hydrogen (secondary N) is 1. The first-order chi connectivity index (χ1) is 10.4. The summed E-state index contributed by atoms with van der Waals surface area (Å²) >= 11 is 0. The number of carboxylic acids is 1. The summed E-state index contributed by atoms with van der Waals surface area (Å²) < 4.78 is 38.0. The number of carboxylic acid groups (broad SMARTS) is 1. The minimum absolute atomic E-state index is 0.0475. The van der Waals surface area contributed by atoms with Gasteiger partial charge in [0.2, 0.25) is 5.91 Å². The highest BCUT2D eigenvalue weighted by molar-refractivity contribution is 5.80. The maximum atomic E-state index is 12.7. The van der Waals surface area contributed by atoms with Crippen LogP contribution in [0.15, 0.2) is 24.3 Å². The van der Waals surface area contributed by atoms with Gasteiger partial charge in [-0.3, -0.25) is 9.59 Å². The van der Waals surface area contributed by atoms with Crippen molar-refractivity contribution in [3.05, 3.63) is 35.4 Å². The minimum Gasteiger partial charge on any atom is -0.481 e. The van der Waals surface area contributed by atoms with Crippen LogP contribution in [0.25, 0.3) is 0 Å². The van der Waals surface area contributed by atoms with Crippen LogP contribution in [0.1, 0.15) is 31.9 Å². The highest BCUT2D eigenvalue weighted by atomic mass is 19.4. The van der Waals surface area contributed by atoms with Crippen LogP contribution in [0, 0.1) is 11.3 Å². The molecule has 0 aliphatic rings. The van der Waals surface area contributed by atoms with Crippen molar-refractivity contribution < 1.29 is 27.9 Å². The van der Waals surface area contributed by atoms with Crippen molar-refractivity contribution in [3.8, 4) is 0 Å². The second-order valence-electron chi connectivity index (χ2n) is 6.21. The fraction of sp³-hybridized carbons (Fsp3) is 0.500. The topological polar surface area (TPSA) is 66.4 Å². The van der Waals surface area contributed by atoms with E-state index in [0.717, 1.165) is 12.1 Å². The van der Waals surface area contributed by atoms with Gasteiger partial charge in [0.05, 0.1) is 11.0 Å². The number of hydrogen-bond donors (Lipinski definition) is 2. The maximum absolute atomic E-state index is 12.7. The van der Waals surface area contributed by atoms with Crippen molar-refractivity contribution in [1.82, 2.24) is 5.32 Å². The molecule has 1 aromatic rings. The Hall–Kier alpha value is -2.05. The molecule has 1 atom stereocenters. The minimum atomic E-state index is -4.42.